The van der Waals surface area contributed by atoms with Gasteiger partial charge in [-0.1, -0.05) is 26.8 Å². The van der Waals surface area contributed by atoms with Crippen LogP contribution in [-0.2, 0) is 11.3 Å². The van der Waals surface area contributed by atoms with Crippen molar-refractivity contribution < 1.29 is 31.5 Å². The lowest BCUT2D eigenvalue weighted by atomic mass is 9.76. The maximum absolute atomic E-state index is 14.1. The molecule has 2 atom stereocenters. The fraction of sp³-hybridized carbons (Fsp3) is 0.621. The largest absolute Gasteiger partial charge is 0.389 e. The molecule has 0 unspecified atom stereocenters. The second-order valence-corrected chi connectivity index (χ2v) is 12.7. The molecule has 1 aromatic carbocycles. The van der Waals surface area contributed by atoms with Gasteiger partial charge in [-0.25, -0.2) is 13.8 Å². The number of carbonyl (C=O) groups is 2. The first-order valence-electron chi connectivity index (χ1n) is 14.4. The van der Waals surface area contributed by atoms with Crippen LogP contribution in [0.5, 0.6) is 0 Å². The van der Waals surface area contributed by atoms with Crippen LogP contribution in [0.25, 0.3) is 11.0 Å². The van der Waals surface area contributed by atoms with Gasteiger partial charge < -0.3 is 16.0 Å². The van der Waals surface area contributed by atoms with Gasteiger partial charge in [0.15, 0.2) is 5.69 Å². The van der Waals surface area contributed by atoms with Crippen molar-refractivity contribution in [2.75, 3.05) is 0 Å². The van der Waals surface area contributed by atoms with Crippen molar-refractivity contribution in [3.8, 4) is 0 Å². The molecule has 1 aliphatic carbocycles. The van der Waals surface area contributed by atoms with Crippen molar-refractivity contribution >= 4 is 22.8 Å². The highest BCUT2D eigenvalue weighted by Crippen LogP contribution is 2.45. The molecule has 2 amide bonds. The Morgan fingerprint density at radius 2 is 1.81 bits per heavy atom. The Labute approximate surface area is 246 Å². The Morgan fingerprint density at radius 3 is 2.42 bits per heavy atom. The third-order valence-electron chi connectivity index (χ3n) is 7.84. The quantitative estimate of drug-likeness (QED) is 0.236. The van der Waals surface area contributed by atoms with Gasteiger partial charge in [-0.05, 0) is 55.2 Å². The minimum Gasteiger partial charge on any atom is -0.364 e. The molecule has 0 spiro atoms. The summed E-state index contributed by atoms with van der Waals surface area (Å²) in [4.78, 5) is 34.0. The van der Waals surface area contributed by atoms with Crippen LogP contribution in [0, 0.1) is 11.3 Å². The molecule has 43 heavy (non-hydrogen) atoms. The zero-order chi connectivity index (χ0) is 31.7. The Hall–Kier alpha value is -3.58. The molecule has 0 saturated heterocycles. The van der Waals surface area contributed by atoms with Gasteiger partial charge in [0.1, 0.15) is 11.5 Å². The standard InChI is InChI=1S/C29H38F5N7O2/c1-16(36-21(42)9-12-29(32,33)34)18-5-6-19-20(15-18)38-26(37-19)22(17-7-10-28(30,31)11-8-17)23-24(25(35)43)40-41(39-23)14-13-27(2,3)4/h5-6,15-17,22H,7-14H2,1-4H3,(H2,35,43)(H,36,42)(H,37,38)/t16-,22+/m1/s1. The summed E-state index contributed by atoms with van der Waals surface area (Å²) in [5.41, 5.74) is 7.66. The lowest BCUT2D eigenvalue weighted by molar-refractivity contribution is -0.144. The van der Waals surface area contributed by atoms with Crippen LogP contribution < -0.4 is 11.1 Å². The average molecular weight is 612 g/mol. The van der Waals surface area contributed by atoms with Gasteiger partial charge in [-0.3, -0.25) is 9.59 Å². The highest BCUT2D eigenvalue weighted by molar-refractivity contribution is 5.92. The molecule has 236 valence electrons. The number of primary amides is 1. The van der Waals surface area contributed by atoms with Gasteiger partial charge in [-0.15, -0.1) is 5.10 Å². The number of H-pyrrole nitrogens is 1. The summed E-state index contributed by atoms with van der Waals surface area (Å²) in [6.45, 7) is 8.28. The summed E-state index contributed by atoms with van der Waals surface area (Å²) in [6, 6.07) is 4.54. The predicted molar refractivity (Wildman–Crippen MR) is 149 cm³/mol. The molecule has 3 aromatic rings. The number of amides is 2. The number of rotatable bonds is 10. The zero-order valence-electron chi connectivity index (χ0n) is 24.7. The number of hydrogen-bond donors (Lipinski definition) is 3. The number of fused-ring (bicyclic) bond motifs is 1. The van der Waals surface area contributed by atoms with E-state index in [4.69, 9.17) is 10.7 Å². The fourth-order valence-corrected chi connectivity index (χ4v) is 5.37. The van der Waals surface area contributed by atoms with E-state index in [2.05, 4.69) is 41.3 Å². The molecule has 4 rings (SSSR count). The summed E-state index contributed by atoms with van der Waals surface area (Å²) >= 11 is 0. The van der Waals surface area contributed by atoms with Gasteiger partial charge in [0, 0.05) is 19.3 Å². The molecule has 1 saturated carbocycles. The first-order chi connectivity index (χ1) is 19.9. The Morgan fingerprint density at radius 1 is 1.14 bits per heavy atom. The maximum atomic E-state index is 14.1. The first-order valence-corrected chi connectivity index (χ1v) is 14.4. The van der Waals surface area contributed by atoms with Crippen LogP contribution in [0.1, 0.15) is 112 Å². The molecular formula is C29H38F5N7O2. The Bertz CT molecular complexity index is 1450. The van der Waals surface area contributed by atoms with Crippen molar-refractivity contribution in [3.63, 3.8) is 0 Å². The van der Waals surface area contributed by atoms with Crippen molar-refractivity contribution in [1.29, 1.82) is 0 Å². The molecule has 1 fully saturated rings. The van der Waals surface area contributed by atoms with E-state index in [-0.39, 0.29) is 48.4 Å². The number of aromatic amines is 1. The number of imidazole rings is 1. The monoisotopic (exact) mass is 611 g/mol. The van der Waals surface area contributed by atoms with E-state index in [9.17, 15) is 31.5 Å². The molecule has 4 N–H and O–H groups in total. The molecule has 1 aliphatic rings. The topological polar surface area (TPSA) is 132 Å². The smallest absolute Gasteiger partial charge is 0.364 e. The Kier molecular flexibility index (Phi) is 9.17. The lowest BCUT2D eigenvalue weighted by Crippen LogP contribution is -2.30. The number of aryl methyl sites for hydroxylation is 1. The van der Waals surface area contributed by atoms with Gasteiger partial charge in [-0.2, -0.15) is 23.1 Å². The molecule has 0 radical (unpaired) electrons. The van der Waals surface area contributed by atoms with E-state index >= 15 is 0 Å². The van der Waals surface area contributed by atoms with E-state index in [1.165, 1.54) is 4.80 Å². The zero-order valence-corrected chi connectivity index (χ0v) is 24.7. The minimum atomic E-state index is -4.43. The van der Waals surface area contributed by atoms with Gasteiger partial charge >= 0.3 is 6.18 Å². The maximum Gasteiger partial charge on any atom is 0.389 e. The summed E-state index contributed by atoms with van der Waals surface area (Å²) in [5.74, 6) is -4.86. The van der Waals surface area contributed by atoms with Crippen molar-refractivity contribution in [2.45, 2.75) is 103 Å². The molecule has 2 heterocycles. The summed E-state index contributed by atoms with van der Waals surface area (Å²) < 4.78 is 65.8. The molecule has 2 aromatic heterocycles. The summed E-state index contributed by atoms with van der Waals surface area (Å²) in [6.07, 6.45) is -5.87. The van der Waals surface area contributed by atoms with Gasteiger partial charge in [0.2, 0.25) is 11.8 Å². The number of carbonyl (C=O) groups excluding carboxylic acids is 2. The van der Waals surface area contributed by atoms with Gasteiger partial charge in [0.05, 0.1) is 36.0 Å². The third-order valence-corrected chi connectivity index (χ3v) is 7.84. The number of benzene rings is 1. The lowest BCUT2D eigenvalue weighted by Gasteiger charge is -2.32. The van der Waals surface area contributed by atoms with Crippen LogP contribution in [0.2, 0.25) is 0 Å². The van der Waals surface area contributed by atoms with Crippen LogP contribution in [-0.4, -0.2) is 48.9 Å². The van der Waals surface area contributed by atoms with Crippen molar-refractivity contribution in [1.82, 2.24) is 30.3 Å². The molecule has 0 aliphatic heterocycles. The molecular weight excluding hydrogens is 573 g/mol. The minimum absolute atomic E-state index is 0.0274. The number of nitrogens with one attached hydrogen (secondary N) is 2. The second-order valence-electron chi connectivity index (χ2n) is 12.7. The normalized spacial score (nSPS) is 17.6. The number of hydrogen-bond acceptors (Lipinski definition) is 5. The Balaban J connectivity index is 1.67. The van der Waals surface area contributed by atoms with E-state index in [1.54, 1.807) is 25.1 Å². The van der Waals surface area contributed by atoms with Crippen LogP contribution >= 0.6 is 0 Å². The number of nitrogens with two attached hydrogens (primary N) is 1. The van der Waals surface area contributed by atoms with E-state index in [1.807, 2.05) is 0 Å². The molecule has 0 bridgehead atoms. The predicted octanol–water partition coefficient (Wildman–Crippen LogP) is 6.17. The third kappa shape index (κ3) is 8.50. The van der Waals surface area contributed by atoms with E-state index in [0.29, 0.717) is 29.0 Å². The molecule has 14 heteroatoms. The van der Waals surface area contributed by atoms with Crippen molar-refractivity contribution in [3.05, 3.63) is 41.0 Å². The summed E-state index contributed by atoms with van der Waals surface area (Å²) in [7, 11) is 0. The first kappa shape index (κ1) is 32.3. The second kappa shape index (κ2) is 12.2. The highest BCUT2D eigenvalue weighted by Gasteiger charge is 2.42. The average Bonchev–Trinajstić information content (AvgIpc) is 3.51. The van der Waals surface area contributed by atoms with E-state index in [0.717, 1.165) is 6.42 Å². The van der Waals surface area contributed by atoms with Crippen LogP contribution in [0.4, 0.5) is 22.0 Å². The summed E-state index contributed by atoms with van der Waals surface area (Å²) in [5, 5.41) is 11.6. The number of nitrogens with zero attached hydrogens (tertiary/aromatic N) is 4. The van der Waals surface area contributed by atoms with Crippen LogP contribution in [0.3, 0.4) is 0 Å². The number of halogens is 5. The SMILES string of the molecule is C[C@@H](NC(=O)CCC(F)(F)F)c1ccc2nc([C@H](c3nn(CCC(C)(C)C)nc3C(N)=O)C3CCC(F)(F)CC3)[nH]c2c1. The number of aromatic nitrogens is 5. The van der Waals surface area contributed by atoms with Gasteiger partial charge in [0.25, 0.3) is 5.91 Å². The number of alkyl halides is 5. The highest BCUT2D eigenvalue weighted by atomic mass is 19.4. The fourth-order valence-electron chi connectivity index (χ4n) is 5.37. The molecule has 9 nitrogen and oxygen atoms in total. The van der Waals surface area contributed by atoms with Crippen LogP contribution in [0.15, 0.2) is 18.2 Å². The van der Waals surface area contributed by atoms with E-state index < -0.39 is 48.7 Å². The van der Waals surface area contributed by atoms with Crippen molar-refractivity contribution in [2.24, 2.45) is 17.1 Å².